The zero-order valence-electron chi connectivity index (χ0n) is 13.1. The molecule has 0 radical (unpaired) electrons. The van der Waals surface area contributed by atoms with Crippen LogP contribution in [-0.4, -0.2) is 33.6 Å². The first kappa shape index (κ1) is 16.4. The van der Waals surface area contributed by atoms with Gasteiger partial charge in [-0.25, -0.2) is 0 Å². The van der Waals surface area contributed by atoms with Crippen LogP contribution in [0.4, 0.5) is 0 Å². The lowest BCUT2D eigenvalue weighted by Crippen LogP contribution is -2.11. The molecule has 118 valence electrons. The largest absolute Gasteiger partial charge is 0.482 e. The van der Waals surface area contributed by atoms with Crippen LogP contribution in [0, 0.1) is 6.92 Å². The standard InChI is InChI=1S/C15H19N3O3S/c1-10-7-5-6-8-12(10)21-11(2)14-16-17-15(18(14)3)22-9-13(19)20-4/h5-8,11H,9H2,1-4H3. The molecule has 2 rings (SSSR count). The fourth-order valence-corrected chi connectivity index (χ4v) is 2.67. The Morgan fingerprint density at radius 2 is 2.09 bits per heavy atom. The van der Waals surface area contributed by atoms with E-state index >= 15 is 0 Å². The van der Waals surface area contributed by atoms with Crippen molar-refractivity contribution >= 4 is 17.7 Å². The lowest BCUT2D eigenvalue weighted by atomic mass is 10.2. The van der Waals surface area contributed by atoms with Crippen LogP contribution in [0.2, 0.25) is 0 Å². The van der Waals surface area contributed by atoms with Gasteiger partial charge in [-0.1, -0.05) is 30.0 Å². The van der Waals surface area contributed by atoms with Crippen molar-refractivity contribution in [3.8, 4) is 5.75 Å². The third-order valence-electron chi connectivity index (χ3n) is 3.18. The van der Waals surface area contributed by atoms with E-state index in [0.717, 1.165) is 11.3 Å². The molecule has 0 aliphatic rings. The molecule has 1 unspecified atom stereocenters. The topological polar surface area (TPSA) is 66.2 Å². The first-order valence-electron chi connectivity index (χ1n) is 6.84. The van der Waals surface area contributed by atoms with Gasteiger partial charge < -0.3 is 14.0 Å². The van der Waals surface area contributed by atoms with Gasteiger partial charge in [0.25, 0.3) is 0 Å². The number of methoxy groups -OCH3 is 1. The van der Waals surface area contributed by atoms with E-state index in [2.05, 4.69) is 14.9 Å². The van der Waals surface area contributed by atoms with Gasteiger partial charge in [0.2, 0.25) is 0 Å². The number of nitrogens with zero attached hydrogens (tertiary/aromatic N) is 3. The van der Waals surface area contributed by atoms with E-state index in [9.17, 15) is 4.79 Å². The summed E-state index contributed by atoms with van der Waals surface area (Å²) in [6.45, 7) is 3.92. The molecular weight excluding hydrogens is 302 g/mol. The molecule has 0 saturated heterocycles. The van der Waals surface area contributed by atoms with Crippen LogP contribution >= 0.6 is 11.8 Å². The molecule has 22 heavy (non-hydrogen) atoms. The molecular formula is C15H19N3O3S. The Morgan fingerprint density at radius 1 is 1.36 bits per heavy atom. The predicted molar refractivity (Wildman–Crippen MR) is 84.0 cm³/mol. The Kier molecular flexibility index (Phi) is 5.43. The van der Waals surface area contributed by atoms with E-state index < -0.39 is 0 Å². The summed E-state index contributed by atoms with van der Waals surface area (Å²) >= 11 is 1.29. The summed E-state index contributed by atoms with van der Waals surface area (Å²) in [4.78, 5) is 11.2. The number of ether oxygens (including phenoxy) is 2. The van der Waals surface area contributed by atoms with Gasteiger partial charge in [0.15, 0.2) is 17.1 Å². The summed E-state index contributed by atoms with van der Waals surface area (Å²) in [7, 11) is 3.22. The van der Waals surface area contributed by atoms with Crippen LogP contribution in [0.15, 0.2) is 29.4 Å². The number of thioether (sulfide) groups is 1. The van der Waals surface area contributed by atoms with E-state index in [1.165, 1.54) is 18.9 Å². The van der Waals surface area contributed by atoms with Crippen LogP contribution < -0.4 is 4.74 Å². The highest BCUT2D eigenvalue weighted by Gasteiger charge is 2.18. The third kappa shape index (κ3) is 3.79. The highest BCUT2D eigenvalue weighted by atomic mass is 32.2. The number of para-hydroxylation sites is 1. The van der Waals surface area contributed by atoms with Crippen LogP contribution in [0.3, 0.4) is 0 Å². The Morgan fingerprint density at radius 3 is 2.77 bits per heavy atom. The number of carbonyl (C=O) groups excluding carboxylic acids is 1. The normalized spacial score (nSPS) is 12.0. The summed E-state index contributed by atoms with van der Waals surface area (Å²) in [5, 5.41) is 8.91. The maximum Gasteiger partial charge on any atom is 0.316 e. The summed E-state index contributed by atoms with van der Waals surface area (Å²) in [6.07, 6.45) is -0.244. The molecule has 1 aromatic carbocycles. The minimum absolute atomic E-state index is 0.204. The molecule has 0 saturated carbocycles. The van der Waals surface area contributed by atoms with Gasteiger partial charge in [-0.3, -0.25) is 4.79 Å². The van der Waals surface area contributed by atoms with Gasteiger partial charge >= 0.3 is 5.97 Å². The number of rotatable bonds is 6. The monoisotopic (exact) mass is 321 g/mol. The molecule has 0 bridgehead atoms. The number of esters is 1. The molecule has 0 N–H and O–H groups in total. The molecule has 0 spiro atoms. The molecule has 0 aliphatic carbocycles. The molecule has 0 amide bonds. The van der Waals surface area contributed by atoms with Crippen molar-refractivity contribution < 1.29 is 14.3 Å². The molecule has 6 nitrogen and oxygen atoms in total. The highest BCUT2D eigenvalue weighted by Crippen LogP contribution is 2.25. The zero-order valence-corrected chi connectivity index (χ0v) is 13.9. The van der Waals surface area contributed by atoms with Crippen molar-refractivity contribution in [2.75, 3.05) is 12.9 Å². The van der Waals surface area contributed by atoms with Crippen molar-refractivity contribution in [1.82, 2.24) is 14.8 Å². The van der Waals surface area contributed by atoms with Crippen LogP contribution in [-0.2, 0) is 16.6 Å². The van der Waals surface area contributed by atoms with Crippen LogP contribution in [0.5, 0.6) is 5.75 Å². The smallest absolute Gasteiger partial charge is 0.316 e. The van der Waals surface area contributed by atoms with Gasteiger partial charge in [0.1, 0.15) is 5.75 Å². The van der Waals surface area contributed by atoms with Crippen molar-refractivity contribution in [1.29, 1.82) is 0 Å². The summed E-state index contributed by atoms with van der Waals surface area (Å²) in [5.74, 6) is 1.44. The van der Waals surface area contributed by atoms with Crippen LogP contribution in [0.25, 0.3) is 0 Å². The van der Waals surface area contributed by atoms with Gasteiger partial charge in [0.05, 0.1) is 12.9 Å². The van der Waals surface area contributed by atoms with Gasteiger partial charge in [0, 0.05) is 7.05 Å². The van der Waals surface area contributed by atoms with E-state index in [1.54, 1.807) is 0 Å². The Bertz CT molecular complexity index is 657. The molecule has 1 aromatic heterocycles. The molecule has 1 atom stereocenters. The van der Waals surface area contributed by atoms with E-state index in [0.29, 0.717) is 11.0 Å². The van der Waals surface area contributed by atoms with Crippen molar-refractivity contribution in [3.63, 3.8) is 0 Å². The quantitative estimate of drug-likeness (QED) is 0.602. The highest BCUT2D eigenvalue weighted by molar-refractivity contribution is 7.99. The number of carbonyl (C=O) groups is 1. The molecule has 0 fully saturated rings. The first-order chi connectivity index (χ1) is 10.5. The number of aryl methyl sites for hydroxylation is 1. The van der Waals surface area contributed by atoms with Gasteiger partial charge in [-0.05, 0) is 25.5 Å². The predicted octanol–water partition coefficient (Wildman–Crippen LogP) is 2.53. The van der Waals surface area contributed by atoms with Gasteiger partial charge in [-0.15, -0.1) is 10.2 Å². The van der Waals surface area contributed by atoms with E-state index in [-0.39, 0.29) is 17.8 Å². The van der Waals surface area contributed by atoms with E-state index in [1.807, 2.05) is 49.7 Å². The van der Waals surface area contributed by atoms with Crippen LogP contribution in [0.1, 0.15) is 24.4 Å². The maximum atomic E-state index is 11.2. The lowest BCUT2D eigenvalue weighted by Gasteiger charge is -2.15. The molecule has 1 heterocycles. The average Bonchev–Trinajstić information content (AvgIpc) is 2.88. The number of hydrogen-bond acceptors (Lipinski definition) is 6. The Balaban J connectivity index is 2.07. The van der Waals surface area contributed by atoms with Crippen molar-refractivity contribution in [3.05, 3.63) is 35.7 Å². The summed E-state index contributed by atoms with van der Waals surface area (Å²) in [5.41, 5.74) is 1.07. The minimum atomic E-state index is -0.293. The SMILES string of the molecule is COC(=O)CSc1nnc(C(C)Oc2ccccc2C)n1C. The third-order valence-corrected chi connectivity index (χ3v) is 4.17. The number of benzene rings is 1. The second-order valence-corrected chi connectivity index (χ2v) is 5.73. The van der Waals surface area contributed by atoms with E-state index in [4.69, 9.17) is 4.74 Å². The fraction of sp³-hybridized carbons (Fsp3) is 0.400. The molecule has 2 aromatic rings. The number of aromatic nitrogens is 3. The summed E-state index contributed by atoms with van der Waals surface area (Å²) in [6, 6.07) is 7.82. The molecule has 0 aliphatic heterocycles. The Hall–Kier alpha value is -2.02. The van der Waals surface area contributed by atoms with Crippen molar-refractivity contribution in [2.45, 2.75) is 25.1 Å². The maximum absolute atomic E-state index is 11.2. The zero-order chi connectivity index (χ0) is 16.1. The fourth-order valence-electron chi connectivity index (χ4n) is 1.92. The summed E-state index contributed by atoms with van der Waals surface area (Å²) < 4.78 is 12.4. The lowest BCUT2D eigenvalue weighted by molar-refractivity contribution is -0.137. The first-order valence-corrected chi connectivity index (χ1v) is 7.82. The average molecular weight is 321 g/mol. The van der Waals surface area contributed by atoms with Crippen molar-refractivity contribution in [2.24, 2.45) is 7.05 Å². The molecule has 7 heteroatoms. The minimum Gasteiger partial charge on any atom is -0.482 e. The second-order valence-electron chi connectivity index (χ2n) is 4.79. The Labute approximate surface area is 133 Å². The van der Waals surface area contributed by atoms with Gasteiger partial charge in [-0.2, -0.15) is 0 Å². The second kappa shape index (κ2) is 7.31. The number of hydrogen-bond donors (Lipinski definition) is 0.